The van der Waals surface area contributed by atoms with E-state index in [9.17, 15) is 0 Å². The maximum Gasteiger partial charge on any atom is 0.148 e. The van der Waals surface area contributed by atoms with Gasteiger partial charge >= 0.3 is 0 Å². The minimum Gasteiger partial charge on any atom is -0.472 e. The Bertz CT molecular complexity index is 279. The van der Waals surface area contributed by atoms with Gasteiger partial charge in [-0.05, 0) is 25.5 Å². The van der Waals surface area contributed by atoms with Crippen molar-refractivity contribution in [1.82, 2.24) is 0 Å². The van der Waals surface area contributed by atoms with Crippen molar-refractivity contribution in [2.24, 2.45) is 0 Å². The van der Waals surface area contributed by atoms with E-state index in [0.29, 0.717) is 17.1 Å². The maximum absolute atomic E-state index is 5.67. The van der Waals surface area contributed by atoms with Gasteiger partial charge in [0.05, 0.1) is 13.8 Å². The first-order valence-electron chi connectivity index (χ1n) is 3.60. The lowest BCUT2D eigenvalue weighted by Crippen LogP contribution is -1.94. The second kappa shape index (κ2) is 5.26. The lowest BCUT2D eigenvalue weighted by Gasteiger charge is -2.11. The Morgan fingerprint density at radius 1 is 1.23 bits per heavy atom. The smallest absolute Gasteiger partial charge is 0.148 e. The molecule has 0 aliphatic carbocycles. The number of hydrogen-bond acceptors (Lipinski definition) is 3. The van der Waals surface area contributed by atoms with Crippen LogP contribution in [0.3, 0.4) is 0 Å². The second-order valence-corrected chi connectivity index (χ2v) is 4.51. The predicted octanol–water partition coefficient (Wildman–Crippen LogP) is 1.94. The third-order valence-electron chi connectivity index (χ3n) is 1.32. The molecule has 0 saturated carbocycles. The summed E-state index contributed by atoms with van der Waals surface area (Å²) in [5.74, 6) is 0.686. The molecule has 74 valence electrons. The first kappa shape index (κ1) is 12.5. The Morgan fingerprint density at radius 3 is 2.38 bits per heavy atom. The van der Waals surface area contributed by atoms with Crippen LogP contribution in [-0.2, 0) is 0 Å². The molecule has 4 N–H and O–H groups in total. The van der Waals surface area contributed by atoms with Gasteiger partial charge in [0.15, 0.2) is 0 Å². The van der Waals surface area contributed by atoms with E-state index in [1.54, 1.807) is 18.2 Å². The van der Waals surface area contributed by atoms with Crippen LogP contribution in [0.2, 0.25) is 0 Å². The molecule has 0 spiro atoms. The van der Waals surface area contributed by atoms with Crippen LogP contribution < -0.4 is 16.0 Å². The highest BCUT2D eigenvalue weighted by molar-refractivity contribution is 7.51. The third-order valence-corrected chi connectivity index (χ3v) is 1.88. The largest absolute Gasteiger partial charge is 0.472 e. The number of benzene rings is 1. The van der Waals surface area contributed by atoms with E-state index in [4.69, 9.17) is 16.0 Å². The molecule has 1 rings (SSSR count). The molecule has 0 amide bonds. The molecule has 0 fully saturated rings. The number of rotatable bonds is 2. The Hall–Kier alpha value is -0.520. The molecule has 3 nitrogen and oxygen atoms in total. The molecule has 5 heteroatoms. The average Bonchev–Trinajstić information content (AvgIpc) is 1.96. The molecule has 1 aromatic rings. The van der Waals surface area contributed by atoms with Crippen molar-refractivity contribution in [2.75, 3.05) is 24.8 Å². The molecule has 0 aliphatic rings. The first-order chi connectivity index (χ1) is 5.59. The van der Waals surface area contributed by atoms with Gasteiger partial charge in [0.1, 0.15) is 5.75 Å². The Labute approximate surface area is 83.3 Å². The Kier molecular flexibility index (Phi) is 5.05. The minimum atomic E-state index is -0.441. The summed E-state index contributed by atoms with van der Waals surface area (Å²) < 4.78 is 5.49. The zero-order valence-corrected chi connectivity index (χ0v) is 10.3. The van der Waals surface area contributed by atoms with E-state index in [0.717, 1.165) is 0 Å². The number of nitrogen functional groups attached to an aromatic ring is 2. The molecule has 0 aliphatic heterocycles. The number of anilines is 2. The fourth-order valence-corrected chi connectivity index (χ4v) is 1.38. The summed E-state index contributed by atoms with van der Waals surface area (Å²) in [6.07, 6.45) is 0. The van der Waals surface area contributed by atoms with Gasteiger partial charge in [-0.2, -0.15) is 9.90 Å². The van der Waals surface area contributed by atoms with E-state index in [2.05, 4.69) is 0 Å². The normalized spacial score (nSPS) is 9.46. The molecule has 13 heavy (non-hydrogen) atoms. The highest BCUT2D eigenvalue weighted by Gasteiger charge is 2.02. The van der Waals surface area contributed by atoms with Gasteiger partial charge in [-0.15, -0.1) is 0 Å². The van der Waals surface area contributed by atoms with Gasteiger partial charge < -0.3 is 16.0 Å². The van der Waals surface area contributed by atoms with Crippen molar-refractivity contribution < 1.29 is 4.52 Å². The van der Waals surface area contributed by atoms with Crippen molar-refractivity contribution in [3.8, 4) is 5.75 Å². The van der Waals surface area contributed by atoms with Crippen LogP contribution in [0, 0.1) is 0 Å². The van der Waals surface area contributed by atoms with E-state index >= 15 is 0 Å². The average molecular weight is 218 g/mol. The highest BCUT2D eigenvalue weighted by Crippen LogP contribution is 2.34. The topological polar surface area (TPSA) is 61.3 Å². The van der Waals surface area contributed by atoms with Crippen LogP contribution in [0.25, 0.3) is 0 Å². The summed E-state index contributed by atoms with van der Waals surface area (Å²) in [5.41, 5.74) is 12.6. The summed E-state index contributed by atoms with van der Waals surface area (Å²) in [6, 6.07) is 5.26. The SMILES string of the molecule is CP(C)Oc1cc(N)ccc1N.P. The summed E-state index contributed by atoms with van der Waals surface area (Å²) in [7, 11) is -0.441. The molecule has 0 aromatic heterocycles. The maximum atomic E-state index is 5.67. The third kappa shape index (κ3) is 3.80. The van der Waals surface area contributed by atoms with Gasteiger partial charge in [-0.1, -0.05) is 0 Å². The molecule has 0 bridgehead atoms. The summed E-state index contributed by atoms with van der Waals surface area (Å²) >= 11 is 0. The van der Waals surface area contributed by atoms with E-state index in [-0.39, 0.29) is 9.90 Å². The van der Waals surface area contributed by atoms with Crippen molar-refractivity contribution in [1.29, 1.82) is 0 Å². The summed E-state index contributed by atoms with van der Waals surface area (Å²) in [6.45, 7) is 4.02. The molecule has 1 aromatic carbocycles. The lowest BCUT2D eigenvalue weighted by atomic mass is 10.3. The van der Waals surface area contributed by atoms with Crippen LogP contribution in [0.4, 0.5) is 11.4 Å². The summed E-state index contributed by atoms with van der Waals surface area (Å²) in [5, 5.41) is 0. The second-order valence-electron chi connectivity index (χ2n) is 2.70. The molecule has 1 unspecified atom stereocenters. The van der Waals surface area contributed by atoms with Crippen molar-refractivity contribution in [3.63, 3.8) is 0 Å². The van der Waals surface area contributed by atoms with Gasteiger partial charge in [0, 0.05) is 11.8 Å². The van der Waals surface area contributed by atoms with Crippen LogP contribution in [-0.4, -0.2) is 13.3 Å². The van der Waals surface area contributed by atoms with Crippen LogP contribution >= 0.6 is 18.0 Å². The Morgan fingerprint density at radius 2 is 1.85 bits per heavy atom. The van der Waals surface area contributed by atoms with E-state index < -0.39 is 8.15 Å². The molecular formula is C8H16N2OP2. The fourth-order valence-electron chi connectivity index (χ4n) is 0.827. The zero-order chi connectivity index (χ0) is 9.14. The molecule has 0 heterocycles. The quantitative estimate of drug-likeness (QED) is 0.589. The van der Waals surface area contributed by atoms with Crippen LogP contribution in [0.5, 0.6) is 5.75 Å². The van der Waals surface area contributed by atoms with Crippen LogP contribution in [0.1, 0.15) is 0 Å². The summed E-state index contributed by atoms with van der Waals surface area (Å²) in [4.78, 5) is 0. The molecule has 0 saturated heterocycles. The van der Waals surface area contributed by atoms with E-state index in [1.165, 1.54) is 0 Å². The van der Waals surface area contributed by atoms with Gasteiger partial charge in [-0.3, -0.25) is 0 Å². The van der Waals surface area contributed by atoms with Crippen molar-refractivity contribution >= 4 is 29.4 Å². The monoisotopic (exact) mass is 218 g/mol. The standard InChI is InChI=1S/C8H13N2OP.H3P/c1-12(2)11-8-5-6(9)3-4-7(8)10;/h3-5H,9-10H2,1-2H3;1H3. The zero-order valence-electron chi connectivity index (χ0n) is 7.95. The van der Waals surface area contributed by atoms with Gasteiger partial charge in [-0.25, -0.2) is 0 Å². The molecule has 1 atom stereocenters. The Balaban J connectivity index is 0.00000144. The fraction of sp³-hybridized carbons (Fsp3) is 0.250. The minimum absolute atomic E-state index is 0. The van der Waals surface area contributed by atoms with Crippen molar-refractivity contribution in [2.45, 2.75) is 0 Å². The molecule has 0 radical (unpaired) electrons. The molecular weight excluding hydrogens is 202 g/mol. The highest BCUT2D eigenvalue weighted by atomic mass is 31.1. The predicted molar refractivity (Wildman–Crippen MR) is 65.8 cm³/mol. The first-order valence-corrected chi connectivity index (χ1v) is 5.75. The number of hydrogen-bond donors (Lipinski definition) is 2. The van der Waals surface area contributed by atoms with E-state index in [1.807, 2.05) is 13.3 Å². The lowest BCUT2D eigenvalue weighted by molar-refractivity contribution is 0.627. The number of nitrogens with two attached hydrogens (primary N) is 2. The van der Waals surface area contributed by atoms with Crippen LogP contribution in [0.15, 0.2) is 18.2 Å². The van der Waals surface area contributed by atoms with Gasteiger partial charge in [0.2, 0.25) is 0 Å². The van der Waals surface area contributed by atoms with Crippen molar-refractivity contribution in [3.05, 3.63) is 18.2 Å². The van der Waals surface area contributed by atoms with Gasteiger partial charge in [0.25, 0.3) is 0 Å².